The van der Waals surface area contributed by atoms with Crippen LogP contribution in [0.3, 0.4) is 0 Å². The van der Waals surface area contributed by atoms with Gasteiger partial charge in [0.2, 0.25) is 11.5 Å². The monoisotopic (exact) mass is 327 g/mol. The molecule has 1 aromatic rings. The topological polar surface area (TPSA) is 143 Å². The van der Waals surface area contributed by atoms with E-state index < -0.39 is 11.9 Å². The number of ether oxygens (including phenoxy) is 1. The summed E-state index contributed by atoms with van der Waals surface area (Å²) in [6, 6.07) is 4.12. The van der Waals surface area contributed by atoms with Gasteiger partial charge in [-0.15, -0.1) is 10.2 Å². The van der Waals surface area contributed by atoms with Crippen molar-refractivity contribution in [2.75, 3.05) is 11.9 Å². The maximum absolute atomic E-state index is 12.0. The number of amidine groups is 2. The van der Waals surface area contributed by atoms with Gasteiger partial charge in [-0.05, 0) is 29.8 Å². The molecule has 2 aliphatic heterocycles. The van der Waals surface area contributed by atoms with Gasteiger partial charge in [0, 0.05) is 5.69 Å². The number of nitrogens with one attached hydrogen (secondary N) is 1. The van der Waals surface area contributed by atoms with Crippen molar-refractivity contribution < 1.29 is 14.3 Å². The number of carbonyl (C=O) groups excluding carboxylic acids is 2. The van der Waals surface area contributed by atoms with Gasteiger partial charge in [0.25, 0.3) is 0 Å². The fraction of sp³-hybridized carbons (Fsp3) is 0.214. The predicted molar refractivity (Wildman–Crippen MR) is 86.7 cm³/mol. The first-order valence-electron chi connectivity index (χ1n) is 7.13. The molecular weight excluding hydrogens is 314 g/mol. The lowest BCUT2D eigenvalue weighted by molar-refractivity contribution is -0.111. The lowest BCUT2D eigenvalue weighted by Gasteiger charge is -2.14. The predicted octanol–water partition coefficient (Wildman–Crippen LogP) is 1.47. The molecule has 0 spiro atoms. The number of nitrogens with zero attached hydrogens (tertiary/aromatic N) is 5. The summed E-state index contributed by atoms with van der Waals surface area (Å²) >= 11 is 0. The van der Waals surface area contributed by atoms with Crippen molar-refractivity contribution in [3.8, 4) is 5.75 Å². The molecule has 0 saturated carbocycles. The van der Waals surface area contributed by atoms with Crippen LogP contribution in [0, 0.1) is 0 Å². The Labute approximate surface area is 136 Å². The van der Waals surface area contributed by atoms with E-state index in [1.807, 2.05) is 6.92 Å². The summed E-state index contributed by atoms with van der Waals surface area (Å²) in [4.78, 5) is 31.1. The fourth-order valence-electron chi connectivity index (χ4n) is 2.07. The molecule has 3 amide bonds. The maximum Gasteiger partial charge on any atom is 0.316 e. The molecule has 0 atom stereocenters. The van der Waals surface area contributed by atoms with Crippen LogP contribution in [0.5, 0.6) is 5.75 Å². The van der Waals surface area contributed by atoms with E-state index in [9.17, 15) is 9.59 Å². The van der Waals surface area contributed by atoms with Crippen molar-refractivity contribution in [2.24, 2.45) is 31.2 Å². The molecule has 0 radical (unpaired) electrons. The molecule has 0 aliphatic carbocycles. The molecule has 0 unspecified atom stereocenters. The minimum Gasteiger partial charge on any atom is -0.493 e. The van der Waals surface area contributed by atoms with Gasteiger partial charge in [0.1, 0.15) is 5.75 Å². The van der Waals surface area contributed by atoms with Crippen LogP contribution in [0.15, 0.2) is 43.6 Å². The number of urea groups is 1. The van der Waals surface area contributed by atoms with E-state index >= 15 is 0 Å². The summed E-state index contributed by atoms with van der Waals surface area (Å²) in [7, 11) is 0. The highest BCUT2D eigenvalue weighted by Gasteiger charge is 2.29. The van der Waals surface area contributed by atoms with Crippen LogP contribution in [0.1, 0.15) is 18.9 Å². The van der Waals surface area contributed by atoms with E-state index in [1.54, 1.807) is 18.2 Å². The van der Waals surface area contributed by atoms with Crippen LogP contribution < -0.4 is 15.8 Å². The minimum absolute atomic E-state index is 0.00110. The Kier molecular flexibility index (Phi) is 4.10. The van der Waals surface area contributed by atoms with Crippen molar-refractivity contribution >= 4 is 35.0 Å². The first-order chi connectivity index (χ1) is 11.6. The van der Waals surface area contributed by atoms with Gasteiger partial charge in [0.05, 0.1) is 12.2 Å². The molecule has 10 nitrogen and oxygen atoms in total. The zero-order valence-electron chi connectivity index (χ0n) is 12.7. The second-order valence-corrected chi connectivity index (χ2v) is 4.86. The van der Waals surface area contributed by atoms with Crippen LogP contribution >= 0.6 is 0 Å². The van der Waals surface area contributed by atoms with Crippen molar-refractivity contribution in [1.82, 2.24) is 0 Å². The molecule has 24 heavy (non-hydrogen) atoms. The molecule has 2 aliphatic rings. The average molecular weight is 327 g/mol. The van der Waals surface area contributed by atoms with Crippen LogP contribution in [0.25, 0.3) is 0 Å². The van der Waals surface area contributed by atoms with E-state index in [2.05, 4.69) is 30.7 Å². The molecule has 3 N–H and O–H groups in total. The third-order valence-corrected chi connectivity index (χ3v) is 3.07. The summed E-state index contributed by atoms with van der Waals surface area (Å²) in [6.07, 6.45) is 0.797. The zero-order valence-corrected chi connectivity index (χ0v) is 12.7. The lowest BCUT2D eigenvalue weighted by atomic mass is 10.1. The number of primary amides is 1. The molecule has 0 saturated heterocycles. The highest BCUT2D eigenvalue weighted by atomic mass is 16.5. The average Bonchev–Trinajstić information content (AvgIpc) is 3.02. The molecule has 2 heterocycles. The number of nitrogens with two attached hydrogens (primary N) is 1. The number of anilines is 1. The number of carbonyl (C=O) groups is 2. The van der Waals surface area contributed by atoms with E-state index in [0.29, 0.717) is 23.6 Å². The quantitative estimate of drug-likeness (QED) is 0.845. The number of hydrogen-bond donors (Lipinski definition) is 2. The molecule has 0 aromatic heterocycles. The lowest BCUT2D eigenvalue weighted by Crippen LogP contribution is -2.26. The Morgan fingerprint density at radius 1 is 1.29 bits per heavy atom. The highest BCUT2D eigenvalue weighted by Crippen LogP contribution is 2.26. The second kappa shape index (κ2) is 6.36. The Hall–Kier alpha value is -3.43. The second-order valence-electron chi connectivity index (χ2n) is 4.86. The van der Waals surface area contributed by atoms with Crippen LogP contribution in [-0.2, 0) is 4.79 Å². The van der Waals surface area contributed by atoms with Crippen molar-refractivity contribution in [1.29, 1.82) is 0 Å². The molecule has 0 fully saturated rings. The first-order valence-corrected chi connectivity index (χ1v) is 7.13. The smallest absolute Gasteiger partial charge is 0.316 e. The Morgan fingerprint density at radius 3 is 2.88 bits per heavy atom. The van der Waals surface area contributed by atoms with E-state index in [1.165, 1.54) is 0 Å². The number of aliphatic imine (C=N–C) groups is 2. The maximum atomic E-state index is 12.0. The number of rotatable bonds is 5. The third kappa shape index (κ3) is 3.02. The van der Waals surface area contributed by atoms with Crippen LogP contribution in [0.2, 0.25) is 0 Å². The van der Waals surface area contributed by atoms with Crippen molar-refractivity contribution in [3.05, 3.63) is 23.8 Å². The molecule has 3 rings (SSSR count). The minimum atomic E-state index is -0.713. The van der Waals surface area contributed by atoms with E-state index in [-0.39, 0.29) is 17.4 Å². The zero-order chi connectivity index (χ0) is 17.1. The number of hydrogen-bond acceptors (Lipinski definition) is 7. The summed E-state index contributed by atoms with van der Waals surface area (Å²) < 4.78 is 5.66. The third-order valence-electron chi connectivity index (χ3n) is 3.07. The SMILES string of the molecule is CCCOc1ccc(NC(N)=O)cc1C1=NC(=O)C2=NN=NC2=N1. The highest BCUT2D eigenvalue weighted by molar-refractivity contribution is 6.69. The Balaban J connectivity index is 2.03. The molecular formula is C14H13N7O3. The van der Waals surface area contributed by atoms with Crippen molar-refractivity contribution in [2.45, 2.75) is 13.3 Å². The number of benzene rings is 1. The van der Waals surface area contributed by atoms with Gasteiger partial charge in [-0.1, -0.05) is 6.92 Å². The van der Waals surface area contributed by atoms with Gasteiger partial charge in [-0.2, -0.15) is 4.99 Å². The summed E-state index contributed by atoms with van der Waals surface area (Å²) in [6.45, 7) is 2.44. The van der Waals surface area contributed by atoms with Gasteiger partial charge < -0.3 is 15.8 Å². The Bertz CT molecular complexity index is 839. The summed E-state index contributed by atoms with van der Waals surface area (Å²) in [5, 5.41) is 13.1. The summed E-state index contributed by atoms with van der Waals surface area (Å²) in [5.74, 6) is 0.0847. The van der Waals surface area contributed by atoms with Gasteiger partial charge in [0.15, 0.2) is 5.84 Å². The fourth-order valence-corrected chi connectivity index (χ4v) is 2.07. The largest absolute Gasteiger partial charge is 0.493 e. The van der Waals surface area contributed by atoms with Gasteiger partial charge in [-0.25, -0.2) is 9.79 Å². The van der Waals surface area contributed by atoms with Gasteiger partial charge in [-0.3, -0.25) is 4.79 Å². The molecule has 10 heteroatoms. The number of fused-ring (bicyclic) bond motifs is 1. The first kappa shape index (κ1) is 15.5. The van der Waals surface area contributed by atoms with Crippen molar-refractivity contribution in [3.63, 3.8) is 0 Å². The number of amides is 3. The van der Waals surface area contributed by atoms with Gasteiger partial charge >= 0.3 is 11.9 Å². The molecule has 0 bridgehead atoms. The standard InChI is InChI=1S/C14H13N7O3/c1-2-5-24-9-4-3-7(16-14(15)23)6-8(9)11-17-12-10(13(22)18-11)19-21-20-12/h3-4,6H,2,5H2,1H3,(H3,15,16,23). The van der Waals surface area contributed by atoms with Crippen LogP contribution in [-0.4, -0.2) is 35.9 Å². The Morgan fingerprint density at radius 2 is 2.12 bits per heavy atom. The van der Waals surface area contributed by atoms with Crippen LogP contribution in [0.4, 0.5) is 10.5 Å². The van der Waals surface area contributed by atoms with E-state index in [0.717, 1.165) is 6.42 Å². The summed E-state index contributed by atoms with van der Waals surface area (Å²) in [5.41, 5.74) is 5.98. The molecule has 1 aromatic carbocycles. The van der Waals surface area contributed by atoms with E-state index in [4.69, 9.17) is 10.5 Å². The molecule has 122 valence electrons. The normalized spacial score (nSPS) is 15.4.